The lowest BCUT2D eigenvalue weighted by atomic mass is 10.3. The number of carboxylic acid groups (broad SMARTS) is 1. The monoisotopic (exact) mass is 173 g/mol. The van der Waals surface area contributed by atoms with E-state index in [1.54, 1.807) is 6.92 Å². The summed E-state index contributed by atoms with van der Waals surface area (Å²) in [7, 11) is 0. The van der Waals surface area contributed by atoms with Crippen LogP contribution >= 0.6 is 11.3 Å². The van der Waals surface area contributed by atoms with E-state index in [1.807, 2.05) is 0 Å². The topological polar surface area (TPSA) is 89.1 Å². The zero-order valence-corrected chi connectivity index (χ0v) is 6.63. The maximum atomic E-state index is 10.3. The quantitative estimate of drug-likeness (QED) is 0.653. The van der Waals surface area contributed by atoms with Crippen molar-refractivity contribution in [1.29, 1.82) is 0 Å². The molecule has 0 aromatic carbocycles. The second kappa shape index (κ2) is 2.93. The van der Waals surface area contributed by atoms with Crippen molar-refractivity contribution in [2.45, 2.75) is 13.0 Å². The third kappa shape index (κ3) is 1.72. The van der Waals surface area contributed by atoms with E-state index in [2.05, 4.69) is 10.2 Å². The average molecular weight is 173 g/mol. The van der Waals surface area contributed by atoms with E-state index in [-0.39, 0.29) is 0 Å². The highest BCUT2D eigenvalue weighted by Gasteiger charge is 2.17. The lowest BCUT2D eigenvalue weighted by Gasteiger charge is -1.97. The molecule has 0 aliphatic rings. The van der Waals surface area contributed by atoms with E-state index in [1.165, 1.54) is 11.3 Å². The zero-order valence-electron chi connectivity index (χ0n) is 5.81. The van der Waals surface area contributed by atoms with Gasteiger partial charge in [-0.25, -0.2) is 0 Å². The maximum absolute atomic E-state index is 10.3. The Kier molecular flexibility index (Phi) is 2.16. The van der Waals surface area contributed by atoms with Crippen molar-refractivity contribution in [3.8, 4) is 0 Å². The summed E-state index contributed by atoms with van der Waals surface area (Å²) >= 11 is 1.20. The molecule has 11 heavy (non-hydrogen) atoms. The highest BCUT2D eigenvalue weighted by Crippen LogP contribution is 2.14. The number of aromatic nitrogens is 2. The van der Waals surface area contributed by atoms with Crippen LogP contribution in [-0.2, 0) is 4.79 Å². The van der Waals surface area contributed by atoms with Gasteiger partial charge in [0.1, 0.15) is 10.0 Å². The molecule has 5 nitrogen and oxygen atoms in total. The molecule has 1 atom stereocenters. The summed E-state index contributed by atoms with van der Waals surface area (Å²) < 4.78 is 0. The first-order chi connectivity index (χ1) is 5.11. The molecule has 0 aliphatic heterocycles. The van der Waals surface area contributed by atoms with Gasteiger partial charge in [-0.3, -0.25) is 4.79 Å². The Morgan fingerprint density at radius 3 is 2.73 bits per heavy atom. The van der Waals surface area contributed by atoms with Gasteiger partial charge in [-0.15, -0.1) is 10.2 Å². The molecule has 0 aliphatic carbocycles. The van der Waals surface area contributed by atoms with Crippen molar-refractivity contribution in [1.82, 2.24) is 10.2 Å². The summed E-state index contributed by atoms with van der Waals surface area (Å²) in [5, 5.41) is 16.8. The highest BCUT2D eigenvalue weighted by atomic mass is 32.1. The van der Waals surface area contributed by atoms with Crippen molar-refractivity contribution >= 4 is 17.3 Å². The molecule has 1 heterocycles. The molecule has 1 unspecified atom stereocenters. The molecule has 0 radical (unpaired) electrons. The Bertz CT molecular complexity index is 272. The molecule has 3 N–H and O–H groups in total. The summed E-state index contributed by atoms with van der Waals surface area (Å²) in [6, 6.07) is -1.04. The summed E-state index contributed by atoms with van der Waals surface area (Å²) in [6.45, 7) is 1.75. The fraction of sp³-hybridized carbons (Fsp3) is 0.400. The molecule has 1 aromatic heterocycles. The van der Waals surface area contributed by atoms with Gasteiger partial charge in [0, 0.05) is 0 Å². The third-order valence-corrected chi connectivity index (χ3v) is 2.00. The first-order valence-corrected chi connectivity index (χ1v) is 3.71. The number of hydrogen-bond acceptors (Lipinski definition) is 5. The van der Waals surface area contributed by atoms with Gasteiger partial charge in [0.05, 0.1) is 0 Å². The Morgan fingerprint density at radius 1 is 1.73 bits per heavy atom. The van der Waals surface area contributed by atoms with Crippen LogP contribution in [0.15, 0.2) is 0 Å². The van der Waals surface area contributed by atoms with Crippen LogP contribution in [0.1, 0.15) is 16.1 Å². The van der Waals surface area contributed by atoms with Gasteiger partial charge < -0.3 is 10.8 Å². The lowest BCUT2D eigenvalue weighted by Crippen LogP contribution is -2.20. The summed E-state index contributed by atoms with van der Waals surface area (Å²) in [6.07, 6.45) is 0. The van der Waals surface area contributed by atoms with Gasteiger partial charge in [0.2, 0.25) is 0 Å². The molecule has 60 valence electrons. The number of aliphatic carboxylic acids is 1. The summed E-state index contributed by atoms with van der Waals surface area (Å²) in [5.41, 5.74) is 5.26. The van der Waals surface area contributed by atoms with Crippen molar-refractivity contribution in [3.05, 3.63) is 10.0 Å². The maximum Gasteiger partial charge on any atom is 0.327 e. The van der Waals surface area contributed by atoms with Gasteiger partial charge >= 0.3 is 5.97 Å². The fourth-order valence-electron chi connectivity index (χ4n) is 0.543. The molecule has 1 aromatic rings. The van der Waals surface area contributed by atoms with Crippen molar-refractivity contribution in [2.75, 3.05) is 0 Å². The number of carboxylic acids is 1. The second-order valence-electron chi connectivity index (χ2n) is 1.98. The standard InChI is InChI=1S/C5H7N3O2S/c1-2-7-8-4(11-2)3(6)5(9)10/h3H,6H2,1H3,(H,9,10). The Hall–Kier alpha value is -1.01. The van der Waals surface area contributed by atoms with Crippen LogP contribution < -0.4 is 5.73 Å². The van der Waals surface area contributed by atoms with Crippen LogP contribution in [0.5, 0.6) is 0 Å². The molecular weight excluding hydrogens is 166 g/mol. The Labute approximate surface area is 66.9 Å². The Balaban J connectivity index is 2.84. The first kappa shape index (κ1) is 8.09. The van der Waals surface area contributed by atoms with Crippen molar-refractivity contribution in [2.24, 2.45) is 5.73 Å². The van der Waals surface area contributed by atoms with Crippen LogP contribution in [-0.4, -0.2) is 21.3 Å². The zero-order chi connectivity index (χ0) is 8.43. The minimum atomic E-state index is -1.08. The van der Waals surface area contributed by atoms with E-state index in [4.69, 9.17) is 10.8 Å². The van der Waals surface area contributed by atoms with Crippen molar-refractivity contribution < 1.29 is 9.90 Å². The molecule has 0 amide bonds. The molecule has 6 heteroatoms. The van der Waals surface area contributed by atoms with Gasteiger partial charge in [-0.1, -0.05) is 11.3 Å². The smallest absolute Gasteiger partial charge is 0.327 e. The summed E-state index contributed by atoms with van der Waals surface area (Å²) in [5.74, 6) is -1.08. The fourth-order valence-corrected chi connectivity index (χ4v) is 1.24. The van der Waals surface area contributed by atoms with E-state index < -0.39 is 12.0 Å². The van der Waals surface area contributed by atoms with E-state index in [0.29, 0.717) is 5.01 Å². The van der Waals surface area contributed by atoms with Crippen LogP contribution in [0, 0.1) is 6.92 Å². The third-order valence-electron chi connectivity index (χ3n) is 1.07. The number of nitrogens with zero attached hydrogens (tertiary/aromatic N) is 2. The first-order valence-electron chi connectivity index (χ1n) is 2.89. The molecule has 1 rings (SSSR count). The number of nitrogens with two attached hydrogens (primary N) is 1. The molecule has 0 fully saturated rings. The predicted molar refractivity (Wildman–Crippen MR) is 39.2 cm³/mol. The van der Waals surface area contributed by atoms with Crippen molar-refractivity contribution in [3.63, 3.8) is 0 Å². The highest BCUT2D eigenvalue weighted by molar-refractivity contribution is 7.11. The number of rotatable bonds is 2. The normalized spacial score (nSPS) is 12.9. The van der Waals surface area contributed by atoms with Gasteiger partial charge in [0.25, 0.3) is 0 Å². The molecular formula is C5H7N3O2S. The predicted octanol–water partition coefficient (Wildman–Crippen LogP) is -0.0691. The largest absolute Gasteiger partial charge is 0.480 e. The SMILES string of the molecule is Cc1nnc(C(N)C(=O)O)s1. The van der Waals surface area contributed by atoms with Crippen LogP contribution in [0.4, 0.5) is 0 Å². The van der Waals surface area contributed by atoms with E-state index in [0.717, 1.165) is 5.01 Å². The van der Waals surface area contributed by atoms with Gasteiger partial charge in [-0.2, -0.15) is 0 Å². The molecule has 0 saturated carbocycles. The van der Waals surface area contributed by atoms with Crippen LogP contribution in [0.2, 0.25) is 0 Å². The van der Waals surface area contributed by atoms with E-state index in [9.17, 15) is 4.79 Å². The Morgan fingerprint density at radius 2 is 2.36 bits per heavy atom. The van der Waals surface area contributed by atoms with Crippen LogP contribution in [0.25, 0.3) is 0 Å². The molecule has 0 bridgehead atoms. The minimum absolute atomic E-state index is 0.343. The van der Waals surface area contributed by atoms with Gasteiger partial charge in [-0.05, 0) is 6.92 Å². The summed E-state index contributed by atoms with van der Waals surface area (Å²) in [4.78, 5) is 10.3. The average Bonchev–Trinajstić information content (AvgIpc) is 2.34. The number of hydrogen-bond donors (Lipinski definition) is 2. The molecule has 0 spiro atoms. The minimum Gasteiger partial charge on any atom is -0.480 e. The van der Waals surface area contributed by atoms with E-state index >= 15 is 0 Å². The molecule has 0 saturated heterocycles. The van der Waals surface area contributed by atoms with Gasteiger partial charge in [0.15, 0.2) is 6.04 Å². The second-order valence-corrected chi connectivity index (χ2v) is 3.19. The lowest BCUT2D eigenvalue weighted by molar-refractivity contribution is -0.138. The number of carbonyl (C=O) groups is 1. The number of aryl methyl sites for hydroxylation is 1. The van der Waals surface area contributed by atoms with Crippen LogP contribution in [0.3, 0.4) is 0 Å².